The highest BCUT2D eigenvalue weighted by molar-refractivity contribution is 5.17. The molecule has 0 heterocycles. The van der Waals surface area contributed by atoms with Gasteiger partial charge in [0.05, 0.1) is 6.54 Å². The van der Waals surface area contributed by atoms with Crippen LogP contribution in [0.25, 0.3) is 0 Å². The van der Waals surface area contributed by atoms with Gasteiger partial charge in [-0.15, -0.1) is 0 Å². The van der Waals surface area contributed by atoms with E-state index in [1.165, 1.54) is 100 Å². The minimum absolute atomic E-state index is 1.09. The molecule has 0 aliphatic rings. The molecule has 0 bridgehead atoms. The highest BCUT2D eigenvalue weighted by atomic mass is 15.3. The van der Waals surface area contributed by atoms with Crippen LogP contribution in [-0.4, -0.2) is 11.0 Å². The Balaban J connectivity index is 1.56. The Morgan fingerprint density at radius 2 is 0.694 bits per heavy atom. The van der Waals surface area contributed by atoms with Crippen LogP contribution < -0.4 is 0 Å². The summed E-state index contributed by atoms with van der Waals surface area (Å²) in [6.45, 7) is 6.79. The van der Waals surface area contributed by atoms with E-state index < -0.39 is 0 Å². The van der Waals surface area contributed by atoms with Crippen molar-refractivity contribution < 1.29 is 4.48 Å². The van der Waals surface area contributed by atoms with E-state index >= 15 is 0 Å². The maximum absolute atomic E-state index is 2.31. The van der Waals surface area contributed by atoms with Crippen LogP contribution in [0.5, 0.6) is 0 Å². The molecule has 3 aromatic carbocycles. The van der Waals surface area contributed by atoms with Crippen LogP contribution in [0.2, 0.25) is 0 Å². The van der Waals surface area contributed by atoms with E-state index in [4.69, 9.17) is 0 Å². The van der Waals surface area contributed by atoms with Crippen molar-refractivity contribution in [3.05, 3.63) is 108 Å². The van der Waals surface area contributed by atoms with Crippen molar-refractivity contribution in [2.45, 2.75) is 104 Å². The first-order chi connectivity index (χ1) is 17.8. The van der Waals surface area contributed by atoms with Crippen molar-refractivity contribution in [3.63, 3.8) is 0 Å². The van der Waals surface area contributed by atoms with E-state index in [0.717, 1.165) is 24.1 Å². The van der Waals surface area contributed by atoms with Crippen molar-refractivity contribution in [1.82, 2.24) is 0 Å². The number of hydrogen-bond donors (Lipinski definition) is 0. The standard InChI is InChI=1S/C35H50N/c1-2-3-4-5-6-7-8-9-10-11-12-22-29-36(30-33-23-16-13-17-24-33,31-34-25-18-14-19-26-34)32-35-27-20-15-21-28-35/h13-21,23-28H,2-12,22,29-32H2,1H3/q+1. The second-order valence-corrected chi connectivity index (χ2v) is 10.9. The Morgan fingerprint density at radius 1 is 0.389 bits per heavy atom. The predicted molar refractivity (Wildman–Crippen MR) is 157 cm³/mol. The third kappa shape index (κ3) is 11.1. The van der Waals surface area contributed by atoms with E-state index in [1.54, 1.807) is 0 Å². The summed E-state index contributed by atoms with van der Waals surface area (Å²) in [6.07, 6.45) is 16.8. The van der Waals surface area contributed by atoms with Crippen molar-refractivity contribution in [2.24, 2.45) is 0 Å². The molecule has 0 N–H and O–H groups in total. The topological polar surface area (TPSA) is 0 Å². The lowest BCUT2D eigenvalue weighted by Gasteiger charge is -2.39. The van der Waals surface area contributed by atoms with Gasteiger partial charge in [0.15, 0.2) is 0 Å². The molecule has 3 aromatic rings. The van der Waals surface area contributed by atoms with E-state index in [1.807, 2.05) is 0 Å². The Hall–Kier alpha value is -2.38. The molecule has 0 fully saturated rings. The van der Waals surface area contributed by atoms with Gasteiger partial charge in [-0.2, -0.15) is 0 Å². The Kier molecular flexibility index (Phi) is 13.4. The van der Waals surface area contributed by atoms with E-state index in [9.17, 15) is 0 Å². The van der Waals surface area contributed by atoms with Gasteiger partial charge in [0.1, 0.15) is 19.6 Å². The van der Waals surface area contributed by atoms with E-state index in [-0.39, 0.29) is 0 Å². The Bertz CT molecular complexity index is 802. The summed E-state index contributed by atoms with van der Waals surface area (Å²) >= 11 is 0. The molecule has 0 amide bonds. The molecule has 0 aliphatic carbocycles. The normalized spacial score (nSPS) is 11.6. The van der Waals surface area contributed by atoms with E-state index in [2.05, 4.69) is 97.9 Å². The smallest absolute Gasteiger partial charge is 0.105 e. The maximum atomic E-state index is 2.31. The quantitative estimate of drug-likeness (QED) is 0.117. The lowest BCUT2D eigenvalue weighted by Crippen LogP contribution is -2.46. The summed E-state index contributed by atoms with van der Waals surface area (Å²) in [7, 11) is 0. The fourth-order valence-electron chi connectivity index (χ4n) is 5.61. The highest BCUT2D eigenvalue weighted by Gasteiger charge is 2.28. The zero-order chi connectivity index (χ0) is 25.2. The first kappa shape index (κ1) is 28.2. The van der Waals surface area contributed by atoms with Crippen LogP contribution in [0.15, 0.2) is 91.0 Å². The minimum Gasteiger partial charge on any atom is -0.312 e. The average molecular weight is 485 g/mol. The van der Waals surface area contributed by atoms with Crippen molar-refractivity contribution >= 4 is 0 Å². The number of hydrogen-bond acceptors (Lipinski definition) is 0. The lowest BCUT2D eigenvalue weighted by molar-refractivity contribution is -0.966. The monoisotopic (exact) mass is 484 g/mol. The number of nitrogens with zero attached hydrogens (tertiary/aromatic N) is 1. The summed E-state index contributed by atoms with van der Waals surface area (Å²) < 4.78 is 1.09. The molecule has 1 nitrogen and oxygen atoms in total. The van der Waals surface area contributed by atoms with Crippen molar-refractivity contribution in [2.75, 3.05) is 6.54 Å². The summed E-state index contributed by atoms with van der Waals surface area (Å²) in [5, 5.41) is 0. The maximum Gasteiger partial charge on any atom is 0.105 e. The number of quaternary nitrogens is 1. The molecule has 1 heteroatoms. The lowest BCUT2D eigenvalue weighted by atomic mass is 10.0. The molecule has 36 heavy (non-hydrogen) atoms. The second kappa shape index (κ2) is 17.1. The van der Waals surface area contributed by atoms with Gasteiger partial charge in [-0.05, 0) is 12.8 Å². The fourth-order valence-corrected chi connectivity index (χ4v) is 5.61. The van der Waals surface area contributed by atoms with Gasteiger partial charge >= 0.3 is 0 Å². The van der Waals surface area contributed by atoms with Gasteiger partial charge in [0.25, 0.3) is 0 Å². The van der Waals surface area contributed by atoms with Crippen LogP contribution in [0.1, 0.15) is 101 Å². The summed E-state index contributed by atoms with van der Waals surface area (Å²) in [5.41, 5.74) is 4.34. The van der Waals surface area contributed by atoms with Crippen LogP contribution in [0.3, 0.4) is 0 Å². The SMILES string of the molecule is CCCCCCCCCCCCCC[N+](Cc1ccccc1)(Cc1ccccc1)Cc1ccccc1. The first-order valence-corrected chi connectivity index (χ1v) is 14.8. The zero-order valence-corrected chi connectivity index (χ0v) is 22.9. The second-order valence-electron chi connectivity index (χ2n) is 10.9. The molecule has 0 unspecified atom stereocenters. The molecule has 0 saturated carbocycles. The number of unbranched alkanes of at least 4 members (excludes halogenated alkanes) is 11. The Labute approximate surface area is 222 Å². The molecule has 194 valence electrons. The van der Waals surface area contributed by atoms with E-state index in [0.29, 0.717) is 0 Å². The summed E-state index contributed by atoms with van der Waals surface area (Å²) in [5.74, 6) is 0. The molecule has 0 aromatic heterocycles. The molecule has 0 atom stereocenters. The highest BCUT2D eigenvalue weighted by Crippen LogP contribution is 2.26. The molecule has 0 radical (unpaired) electrons. The van der Waals surface area contributed by atoms with Gasteiger partial charge in [-0.3, -0.25) is 0 Å². The summed E-state index contributed by atoms with van der Waals surface area (Å²) in [4.78, 5) is 0. The van der Waals surface area contributed by atoms with Crippen LogP contribution in [0, 0.1) is 0 Å². The molecule has 0 saturated heterocycles. The van der Waals surface area contributed by atoms with Crippen molar-refractivity contribution in [1.29, 1.82) is 0 Å². The Morgan fingerprint density at radius 3 is 1.03 bits per heavy atom. The zero-order valence-electron chi connectivity index (χ0n) is 22.9. The van der Waals surface area contributed by atoms with Crippen LogP contribution >= 0.6 is 0 Å². The summed E-state index contributed by atoms with van der Waals surface area (Å²) in [6, 6.07) is 33.4. The van der Waals surface area contributed by atoms with Crippen LogP contribution in [-0.2, 0) is 19.6 Å². The van der Waals surface area contributed by atoms with Gasteiger partial charge in [-0.25, -0.2) is 0 Å². The third-order valence-corrected chi connectivity index (χ3v) is 7.57. The first-order valence-electron chi connectivity index (χ1n) is 14.8. The fraction of sp³-hybridized carbons (Fsp3) is 0.486. The molecular weight excluding hydrogens is 434 g/mol. The predicted octanol–water partition coefficient (Wildman–Crippen LogP) is 10.1. The minimum atomic E-state index is 1.09. The molecule has 0 spiro atoms. The number of benzene rings is 3. The van der Waals surface area contributed by atoms with Gasteiger partial charge < -0.3 is 4.48 Å². The third-order valence-electron chi connectivity index (χ3n) is 7.57. The largest absolute Gasteiger partial charge is 0.312 e. The molecular formula is C35H50N+. The molecule has 0 aliphatic heterocycles. The van der Waals surface area contributed by atoms with Gasteiger partial charge in [0.2, 0.25) is 0 Å². The average Bonchev–Trinajstić information content (AvgIpc) is 2.91. The van der Waals surface area contributed by atoms with Crippen molar-refractivity contribution in [3.8, 4) is 0 Å². The number of rotatable bonds is 19. The van der Waals surface area contributed by atoms with Gasteiger partial charge in [0, 0.05) is 16.7 Å². The van der Waals surface area contributed by atoms with Gasteiger partial charge in [-0.1, -0.05) is 162 Å². The molecule has 3 rings (SSSR count). The van der Waals surface area contributed by atoms with Crippen LogP contribution in [0.4, 0.5) is 0 Å².